The zero-order valence-electron chi connectivity index (χ0n) is 12.5. The molecule has 0 nitrogen and oxygen atoms in total. The molecule has 0 aromatic rings. The average molecular weight is 256 g/mol. The van der Waals surface area contributed by atoms with Gasteiger partial charge in [0.2, 0.25) is 0 Å². The van der Waals surface area contributed by atoms with Gasteiger partial charge in [-0.2, -0.15) is 0 Å². The topological polar surface area (TPSA) is 0 Å². The quantitative estimate of drug-likeness (QED) is 0.491. The van der Waals surface area contributed by atoms with Crippen LogP contribution in [0.3, 0.4) is 0 Å². The van der Waals surface area contributed by atoms with E-state index in [-0.39, 0.29) is 0 Å². The predicted molar refractivity (Wildman–Crippen MR) is 80.9 cm³/mol. The normalized spacial score (nSPS) is 45.7. The van der Waals surface area contributed by atoms with Gasteiger partial charge in [0.1, 0.15) is 0 Å². The van der Waals surface area contributed by atoms with Crippen molar-refractivity contribution >= 4 is 0 Å². The zero-order chi connectivity index (χ0) is 13.0. The summed E-state index contributed by atoms with van der Waals surface area (Å²) in [5.74, 6) is 2.96. The minimum Gasteiger partial charge on any atom is -0.0993 e. The molecular formula is C19H28. The van der Waals surface area contributed by atoms with E-state index >= 15 is 0 Å². The third-order valence-electron chi connectivity index (χ3n) is 7.25. The molecule has 0 heteroatoms. The van der Waals surface area contributed by atoms with E-state index in [1.165, 1.54) is 64.2 Å². The van der Waals surface area contributed by atoms with Gasteiger partial charge < -0.3 is 0 Å². The average Bonchev–Trinajstić information content (AvgIpc) is 2.75. The first-order chi connectivity index (χ1) is 9.20. The Morgan fingerprint density at radius 1 is 1.00 bits per heavy atom. The molecule has 104 valence electrons. The van der Waals surface area contributed by atoms with Crippen LogP contribution in [0.1, 0.15) is 71.1 Å². The Hall–Kier alpha value is -0.520. The molecule has 0 saturated heterocycles. The monoisotopic (exact) mass is 256 g/mol. The molecule has 0 spiro atoms. The second kappa shape index (κ2) is 4.24. The lowest BCUT2D eigenvalue weighted by Gasteiger charge is -2.51. The maximum absolute atomic E-state index is 4.42. The van der Waals surface area contributed by atoms with Crippen LogP contribution in [0.25, 0.3) is 0 Å². The first kappa shape index (κ1) is 12.2. The predicted octanol–water partition coefficient (Wildman–Crippen LogP) is 5.65. The standard InChI is InChI=1S/C19H28/c1-13-7-10-18-17-9-8-14-5-3-4-6-15(14)16(17)11-12-19(13,18)2/h16-18H,1,3-12H2,2H3. The van der Waals surface area contributed by atoms with Gasteiger partial charge in [-0.3, -0.25) is 0 Å². The van der Waals surface area contributed by atoms with Crippen LogP contribution in [0.15, 0.2) is 23.3 Å². The molecule has 0 aromatic heterocycles. The highest BCUT2D eigenvalue weighted by atomic mass is 14.6. The lowest BCUT2D eigenvalue weighted by atomic mass is 9.54. The van der Waals surface area contributed by atoms with Crippen molar-refractivity contribution in [3.05, 3.63) is 23.3 Å². The summed E-state index contributed by atoms with van der Waals surface area (Å²) in [4.78, 5) is 0. The molecule has 4 atom stereocenters. The fraction of sp³-hybridized carbons (Fsp3) is 0.789. The minimum absolute atomic E-state index is 0.508. The minimum atomic E-state index is 0.508. The van der Waals surface area contributed by atoms with Crippen LogP contribution in [0.5, 0.6) is 0 Å². The van der Waals surface area contributed by atoms with Crippen LogP contribution in [0, 0.1) is 23.2 Å². The second-order valence-electron chi connectivity index (χ2n) is 7.85. The Bertz CT molecular complexity index is 441. The van der Waals surface area contributed by atoms with Crippen molar-refractivity contribution in [1.29, 1.82) is 0 Å². The van der Waals surface area contributed by atoms with Crippen molar-refractivity contribution in [3.63, 3.8) is 0 Å². The molecule has 4 aliphatic carbocycles. The maximum Gasteiger partial charge on any atom is -0.00876 e. The molecular weight excluding hydrogens is 228 g/mol. The van der Waals surface area contributed by atoms with E-state index in [9.17, 15) is 0 Å². The van der Waals surface area contributed by atoms with Gasteiger partial charge in [0, 0.05) is 0 Å². The van der Waals surface area contributed by atoms with Crippen LogP contribution in [0.2, 0.25) is 0 Å². The van der Waals surface area contributed by atoms with Crippen molar-refractivity contribution in [2.24, 2.45) is 23.2 Å². The maximum atomic E-state index is 4.42. The SMILES string of the molecule is C=C1CCC2C3CCC4=C(CCCC4)C3CCC12C. The molecule has 0 aromatic carbocycles. The van der Waals surface area contributed by atoms with Crippen LogP contribution in [-0.4, -0.2) is 0 Å². The molecule has 2 saturated carbocycles. The highest BCUT2D eigenvalue weighted by Gasteiger charge is 2.52. The number of hydrogen-bond acceptors (Lipinski definition) is 0. The molecule has 0 amide bonds. The van der Waals surface area contributed by atoms with Crippen molar-refractivity contribution < 1.29 is 0 Å². The van der Waals surface area contributed by atoms with E-state index in [1.54, 1.807) is 5.57 Å². The Morgan fingerprint density at radius 2 is 1.84 bits per heavy atom. The Morgan fingerprint density at radius 3 is 2.74 bits per heavy atom. The summed E-state index contributed by atoms with van der Waals surface area (Å²) >= 11 is 0. The molecule has 19 heavy (non-hydrogen) atoms. The van der Waals surface area contributed by atoms with E-state index < -0.39 is 0 Å². The van der Waals surface area contributed by atoms with Crippen LogP contribution in [0.4, 0.5) is 0 Å². The molecule has 0 bridgehead atoms. The van der Waals surface area contributed by atoms with Crippen molar-refractivity contribution in [1.82, 2.24) is 0 Å². The smallest absolute Gasteiger partial charge is 0.00876 e. The second-order valence-corrected chi connectivity index (χ2v) is 7.85. The molecule has 0 N–H and O–H groups in total. The third-order valence-corrected chi connectivity index (χ3v) is 7.25. The number of fused-ring (bicyclic) bond motifs is 4. The number of hydrogen-bond donors (Lipinski definition) is 0. The summed E-state index contributed by atoms with van der Waals surface area (Å²) < 4.78 is 0. The van der Waals surface area contributed by atoms with Gasteiger partial charge in [-0.25, -0.2) is 0 Å². The number of allylic oxidation sites excluding steroid dienone is 3. The van der Waals surface area contributed by atoms with E-state index in [4.69, 9.17) is 0 Å². The van der Waals surface area contributed by atoms with E-state index in [2.05, 4.69) is 13.5 Å². The molecule has 0 aliphatic heterocycles. The van der Waals surface area contributed by atoms with Gasteiger partial charge >= 0.3 is 0 Å². The first-order valence-electron chi connectivity index (χ1n) is 8.59. The fourth-order valence-electron chi connectivity index (χ4n) is 6.09. The van der Waals surface area contributed by atoms with Crippen LogP contribution >= 0.6 is 0 Å². The fourth-order valence-corrected chi connectivity index (χ4v) is 6.09. The van der Waals surface area contributed by atoms with Crippen molar-refractivity contribution in [3.8, 4) is 0 Å². The van der Waals surface area contributed by atoms with Crippen LogP contribution < -0.4 is 0 Å². The Balaban J connectivity index is 1.68. The summed E-state index contributed by atoms with van der Waals surface area (Å²) in [6.45, 7) is 6.95. The van der Waals surface area contributed by atoms with Crippen molar-refractivity contribution in [2.45, 2.75) is 71.1 Å². The lowest BCUT2D eigenvalue weighted by molar-refractivity contribution is 0.0606. The summed E-state index contributed by atoms with van der Waals surface area (Å²) in [7, 11) is 0. The van der Waals surface area contributed by atoms with Gasteiger partial charge in [-0.05, 0) is 87.4 Å². The number of rotatable bonds is 0. The van der Waals surface area contributed by atoms with E-state index in [1.807, 2.05) is 11.1 Å². The Kier molecular flexibility index (Phi) is 2.73. The first-order valence-corrected chi connectivity index (χ1v) is 8.59. The van der Waals surface area contributed by atoms with Gasteiger partial charge in [0.15, 0.2) is 0 Å². The van der Waals surface area contributed by atoms with Gasteiger partial charge in [-0.15, -0.1) is 0 Å². The highest BCUT2D eigenvalue weighted by molar-refractivity contribution is 5.29. The summed E-state index contributed by atoms with van der Waals surface area (Å²) in [6, 6.07) is 0. The summed E-state index contributed by atoms with van der Waals surface area (Å²) in [5.41, 5.74) is 5.93. The largest absolute Gasteiger partial charge is 0.0993 e. The van der Waals surface area contributed by atoms with E-state index in [0.717, 1.165) is 17.8 Å². The van der Waals surface area contributed by atoms with Crippen LogP contribution in [-0.2, 0) is 0 Å². The molecule has 2 fully saturated rings. The Labute approximate surface area is 118 Å². The van der Waals surface area contributed by atoms with Gasteiger partial charge in [0.05, 0.1) is 0 Å². The third kappa shape index (κ3) is 1.64. The molecule has 4 aliphatic rings. The van der Waals surface area contributed by atoms with Gasteiger partial charge in [0.25, 0.3) is 0 Å². The van der Waals surface area contributed by atoms with E-state index in [0.29, 0.717) is 5.41 Å². The lowest BCUT2D eigenvalue weighted by Crippen LogP contribution is -2.41. The molecule has 0 heterocycles. The zero-order valence-corrected chi connectivity index (χ0v) is 12.5. The molecule has 4 rings (SSSR count). The summed E-state index contributed by atoms with van der Waals surface area (Å²) in [6.07, 6.45) is 14.4. The highest BCUT2D eigenvalue weighted by Crippen LogP contribution is 2.62. The molecule has 0 radical (unpaired) electrons. The van der Waals surface area contributed by atoms with Gasteiger partial charge in [-0.1, -0.05) is 30.2 Å². The molecule has 4 unspecified atom stereocenters. The summed E-state index contributed by atoms with van der Waals surface area (Å²) in [5, 5.41) is 0. The van der Waals surface area contributed by atoms with Crippen molar-refractivity contribution in [2.75, 3.05) is 0 Å².